The zero-order valence-electron chi connectivity index (χ0n) is 8.67. The fourth-order valence-electron chi connectivity index (χ4n) is 1.07. The Morgan fingerprint density at radius 2 is 1.75 bits per heavy atom. The molecule has 1 amide bonds. The van der Waals surface area contributed by atoms with Gasteiger partial charge in [-0.25, -0.2) is 13.6 Å². The second kappa shape index (κ2) is 4.46. The lowest BCUT2D eigenvalue weighted by Gasteiger charge is -1.99. The minimum absolute atomic E-state index is 0.0291. The summed E-state index contributed by atoms with van der Waals surface area (Å²) >= 11 is 0. The number of benzene rings is 1. The van der Waals surface area contributed by atoms with Crippen molar-refractivity contribution in [2.24, 2.45) is 10.9 Å². The molecule has 5 nitrogen and oxygen atoms in total. The van der Waals surface area contributed by atoms with Gasteiger partial charge in [0.05, 0.1) is 4.90 Å². The molecule has 0 saturated heterocycles. The molecule has 0 aliphatic rings. The first kappa shape index (κ1) is 12.4. The highest BCUT2D eigenvalue weighted by molar-refractivity contribution is 7.89. The van der Waals surface area contributed by atoms with E-state index in [4.69, 9.17) is 10.9 Å². The zero-order chi connectivity index (χ0) is 12.3. The van der Waals surface area contributed by atoms with Crippen LogP contribution < -0.4 is 10.9 Å². The van der Waals surface area contributed by atoms with E-state index in [0.717, 1.165) is 0 Å². The van der Waals surface area contributed by atoms with Crippen molar-refractivity contribution in [2.45, 2.75) is 11.8 Å². The van der Waals surface area contributed by atoms with Gasteiger partial charge in [0, 0.05) is 5.57 Å². The fourth-order valence-corrected chi connectivity index (χ4v) is 1.59. The second-order valence-electron chi connectivity index (χ2n) is 3.31. The molecule has 1 aromatic rings. The lowest BCUT2D eigenvalue weighted by molar-refractivity contribution is -0.114. The van der Waals surface area contributed by atoms with E-state index in [-0.39, 0.29) is 4.90 Å². The van der Waals surface area contributed by atoms with Crippen LogP contribution in [0.5, 0.6) is 0 Å². The van der Waals surface area contributed by atoms with E-state index >= 15 is 0 Å². The minimum Gasteiger partial charge on any atom is -0.366 e. The monoisotopic (exact) mass is 240 g/mol. The van der Waals surface area contributed by atoms with Crippen LogP contribution in [0.2, 0.25) is 0 Å². The summed E-state index contributed by atoms with van der Waals surface area (Å²) in [6, 6.07) is 5.84. The first-order chi connectivity index (χ1) is 7.30. The van der Waals surface area contributed by atoms with Gasteiger partial charge in [-0.05, 0) is 30.7 Å². The first-order valence-corrected chi connectivity index (χ1v) is 5.96. The molecule has 1 rings (SSSR count). The topological polar surface area (TPSA) is 103 Å². The van der Waals surface area contributed by atoms with Gasteiger partial charge in [-0.1, -0.05) is 12.1 Å². The molecular weight excluding hydrogens is 228 g/mol. The van der Waals surface area contributed by atoms with Crippen molar-refractivity contribution >= 4 is 22.0 Å². The molecule has 6 heteroatoms. The second-order valence-corrected chi connectivity index (χ2v) is 4.87. The van der Waals surface area contributed by atoms with Crippen LogP contribution in [0.3, 0.4) is 0 Å². The summed E-state index contributed by atoms with van der Waals surface area (Å²) in [5.74, 6) is -0.518. The summed E-state index contributed by atoms with van der Waals surface area (Å²) < 4.78 is 21.9. The van der Waals surface area contributed by atoms with Crippen LogP contribution in [0.15, 0.2) is 34.7 Å². The molecule has 0 atom stereocenters. The van der Waals surface area contributed by atoms with Gasteiger partial charge in [-0.2, -0.15) is 0 Å². The van der Waals surface area contributed by atoms with E-state index in [1.165, 1.54) is 12.1 Å². The van der Waals surface area contributed by atoms with Gasteiger partial charge in [0.1, 0.15) is 0 Å². The number of carbonyl (C=O) groups excluding carboxylic acids is 1. The molecule has 0 aliphatic heterocycles. The Bertz CT molecular complexity index is 530. The smallest absolute Gasteiger partial charge is 0.244 e. The number of carbonyl (C=O) groups is 1. The molecule has 4 N–H and O–H groups in total. The molecule has 0 aliphatic carbocycles. The van der Waals surface area contributed by atoms with Crippen molar-refractivity contribution in [2.75, 3.05) is 0 Å². The van der Waals surface area contributed by atoms with Crippen molar-refractivity contribution in [3.8, 4) is 0 Å². The van der Waals surface area contributed by atoms with Gasteiger partial charge in [0.2, 0.25) is 15.9 Å². The van der Waals surface area contributed by atoms with Crippen LogP contribution >= 0.6 is 0 Å². The average molecular weight is 240 g/mol. The van der Waals surface area contributed by atoms with Crippen LogP contribution in [0.25, 0.3) is 6.08 Å². The Morgan fingerprint density at radius 1 is 1.25 bits per heavy atom. The summed E-state index contributed by atoms with van der Waals surface area (Å²) in [6.07, 6.45) is 1.56. The molecule has 0 radical (unpaired) electrons. The van der Waals surface area contributed by atoms with Crippen molar-refractivity contribution < 1.29 is 13.2 Å². The number of hydrogen-bond acceptors (Lipinski definition) is 3. The first-order valence-electron chi connectivity index (χ1n) is 4.41. The lowest BCUT2D eigenvalue weighted by atomic mass is 10.1. The number of rotatable bonds is 3. The maximum atomic E-state index is 11.0. The number of sulfonamides is 1. The maximum absolute atomic E-state index is 11.0. The molecule has 0 heterocycles. The van der Waals surface area contributed by atoms with E-state index < -0.39 is 15.9 Å². The number of nitrogens with two attached hydrogens (primary N) is 2. The third-order valence-electron chi connectivity index (χ3n) is 1.98. The van der Waals surface area contributed by atoms with Crippen LogP contribution in [0.1, 0.15) is 12.5 Å². The van der Waals surface area contributed by atoms with Crippen LogP contribution in [0.4, 0.5) is 0 Å². The Kier molecular flexibility index (Phi) is 3.46. The summed E-state index contributed by atoms with van der Waals surface area (Å²) in [5.41, 5.74) is 6.14. The van der Waals surface area contributed by atoms with Crippen molar-refractivity contribution in [3.63, 3.8) is 0 Å². The van der Waals surface area contributed by atoms with Crippen LogP contribution in [-0.2, 0) is 14.8 Å². The molecule has 0 bridgehead atoms. The molecular formula is C10H12N2O3S. The van der Waals surface area contributed by atoms with E-state index in [0.29, 0.717) is 11.1 Å². The van der Waals surface area contributed by atoms with Crippen molar-refractivity contribution in [1.29, 1.82) is 0 Å². The molecule has 16 heavy (non-hydrogen) atoms. The molecule has 86 valence electrons. The van der Waals surface area contributed by atoms with Gasteiger partial charge in [-0.15, -0.1) is 0 Å². The number of hydrogen-bond donors (Lipinski definition) is 2. The zero-order valence-corrected chi connectivity index (χ0v) is 9.49. The molecule has 0 spiro atoms. The standard InChI is InChI=1S/C10H12N2O3S/c1-7(10(11)13)6-8-2-4-9(5-3-8)16(12,14)15/h2-6H,1H3,(H2,11,13)(H2,12,14,15). The highest BCUT2D eigenvalue weighted by atomic mass is 32.2. The minimum atomic E-state index is -3.68. The van der Waals surface area contributed by atoms with E-state index in [2.05, 4.69) is 0 Å². The van der Waals surface area contributed by atoms with Gasteiger partial charge < -0.3 is 5.73 Å². The normalized spacial score (nSPS) is 12.5. The Labute approximate surface area is 93.8 Å². The SMILES string of the molecule is CC(=Cc1ccc(S(N)(=O)=O)cc1)C(N)=O. The predicted octanol–water partition coefficient (Wildman–Crippen LogP) is 0.223. The van der Waals surface area contributed by atoms with Crippen LogP contribution in [-0.4, -0.2) is 14.3 Å². The lowest BCUT2D eigenvalue weighted by Crippen LogP contribution is -2.12. The number of primary amides is 1. The molecule has 0 unspecified atom stereocenters. The van der Waals surface area contributed by atoms with Gasteiger partial charge in [-0.3, -0.25) is 4.79 Å². The third-order valence-corrected chi connectivity index (χ3v) is 2.91. The van der Waals surface area contributed by atoms with Gasteiger partial charge >= 0.3 is 0 Å². The highest BCUT2D eigenvalue weighted by Gasteiger charge is 2.06. The van der Waals surface area contributed by atoms with Crippen molar-refractivity contribution in [3.05, 3.63) is 35.4 Å². The highest BCUT2D eigenvalue weighted by Crippen LogP contribution is 2.11. The molecule has 0 fully saturated rings. The summed E-state index contributed by atoms with van der Waals surface area (Å²) in [4.78, 5) is 10.8. The summed E-state index contributed by atoms with van der Waals surface area (Å²) in [7, 11) is -3.68. The van der Waals surface area contributed by atoms with Gasteiger partial charge in [0.15, 0.2) is 0 Å². The maximum Gasteiger partial charge on any atom is 0.244 e. The number of primary sulfonamides is 1. The quantitative estimate of drug-likeness (QED) is 0.738. The average Bonchev–Trinajstić information content (AvgIpc) is 2.17. The Hall–Kier alpha value is -1.66. The Balaban J connectivity index is 3.06. The number of amides is 1. The third kappa shape index (κ3) is 3.18. The summed E-state index contributed by atoms with van der Waals surface area (Å²) in [5, 5.41) is 4.94. The Morgan fingerprint density at radius 3 is 2.12 bits per heavy atom. The molecule has 0 aromatic heterocycles. The fraction of sp³-hybridized carbons (Fsp3) is 0.100. The van der Waals surface area contributed by atoms with E-state index in [1.54, 1.807) is 25.1 Å². The van der Waals surface area contributed by atoms with E-state index in [1.807, 2.05) is 0 Å². The molecule has 1 aromatic carbocycles. The summed E-state index contributed by atoms with van der Waals surface area (Å²) in [6.45, 7) is 1.58. The van der Waals surface area contributed by atoms with Crippen LogP contribution in [0, 0.1) is 0 Å². The molecule has 0 saturated carbocycles. The van der Waals surface area contributed by atoms with Crippen molar-refractivity contribution in [1.82, 2.24) is 0 Å². The van der Waals surface area contributed by atoms with E-state index in [9.17, 15) is 13.2 Å². The predicted molar refractivity (Wildman–Crippen MR) is 60.7 cm³/mol. The van der Waals surface area contributed by atoms with Gasteiger partial charge in [0.25, 0.3) is 0 Å². The largest absolute Gasteiger partial charge is 0.366 e.